The molecule has 0 unspecified atom stereocenters. The summed E-state index contributed by atoms with van der Waals surface area (Å²) < 4.78 is 6.02. The SMILES string of the molecule is COc1cc(CNc2nc(-c3cccnc3)nc3c2CCC3)c(Br)cc1O. The largest absolute Gasteiger partial charge is 0.504 e. The van der Waals surface area contributed by atoms with Crippen molar-refractivity contribution in [2.45, 2.75) is 25.8 Å². The van der Waals surface area contributed by atoms with Crippen LogP contribution >= 0.6 is 15.9 Å². The van der Waals surface area contributed by atoms with E-state index in [9.17, 15) is 5.11 Å². The number of phenols is 1. The smallest absolute Gasteiger partial charge is 0.163 e. The van der Waals surface area contributed by atoms with Crippen molar-refractivity contribution in [1.82, 2.24) is 15.0 Å². The van der Waals surface area contributed by atoms with Gasteiger partial charge in [-0.05, 0) is 49.1 Å². The number of fused-ring (bicyclic) bond motifs is 1. The summed E-state index contributed by atoms with van der Waals surface area (Å²) in [6.45, 7) is 0.549. The van der Waals surface area contributed by atoms with Crippen LogP contribution in [-0.4, -0.2) is 27.2 Å². The van der Waals surface area contributed by atoms with Crippen molar-refractivity contribution in [2.24, 2.45) is 0 Å². The number of phenolic OH excluding ortho intramolecular Hbond substituents is 1. The first-order valence-electron chi connectivity index (χ1n) is 8.75. The summed E-state index contributed by atoms with van der Waals surface area (Å²) in [4.78, 5) is 13.7. The lowest BCUT2D eigenvalue weighted by Crippen LogP contribution is -2.08. The Balaban J connectivity index is 1.65. The number of aromatic hydroxyl groups is 1. The van der Waals surface area contributed by atoms with Crippen molar-refractivity contribution in [3.63, 3.8) is 0 Å². The van der Waals surface area contributed by atoms with Crippen LogP contribution in [0.15, 0.2) is 41.1 Å². The predicted octanol–water partition coefficient (Wildman–Crippen LogP) is 4.12. The van der Waals surface area contributed by atoms with Crippen molar-refractivity contribution in [3.05, 3.63) is 58.0 Å². The van der Waals surface area contributed by atoms with E-state index in [0.29, 0.717) is 18.1 Å². The highest BCUT2D eigenvalue weighted by Gasteiger charge is 2.20. The number of anilines is 1. The zero-order valence-electron chi connectivity index (χ0n) is 14.9. The first-order valence-corrected chi connectivity index (χ1v) is 9.54. The van der Waals surface area contributed by atoms with Crippen LogP contribution in [0.3, 0.4) is 0 Å². The van der Waals surface area contributed by atoms with Gasteiger partial charge in [-0.3, -0.25) is 4.98 Å². The predicted molar refractivity (Wildman–Crippen MR) is 107 cm³/mol. The number of hydrogen-bond donors (Lipinski definition) is 2. The number of nitrogens with one attached hydrogen (secondary N) is 1. The molecule has 2 N–H and O–H groups in total. The number of halogens is 1. The highest BCUT2D eigenvalue weighted by atomic mass is 79.9. The fraction of sp³-hybridized carbons (Fsp3) is 0.250. The Labute approximate surface area is 165 Å². The van der Waals surface area contributed by atoms with Crippen molar-refractivity contribution < 1.29 is 9.84 Å². The first-order chi connectivity index (χ1) is 13.2. The van der Waals surface area contributed by atoms with Crippen LogP contribution in [0.2, 0.25) is 0 Å². The number of rotatable bonds is 5. The van der Waals surface area contributed by atoms with Gasteiger partial charge in [-0.1, -0.05) is 15.9 Å². The van der Waals surface area contributed by atoms with Crippen LogP contribution in [0.4, 0.5) is 5.82 Å². The first kappa shape index (κ1) is 17.7. The number of aryl methyl sites for hydroxylation is 1. The molecule has 0 fully saturated rings. The van der Waals surface area contributed by atoms with Gasteiger partial charge in [0.2, 0.25) is 0 Å². The molecule has 4 rings (SSSR count). The summed E-state index contributed by atoms with van der Waals surface area (Å²) in [5.41, 5.74) is 4.17. The van der Waals surface area contributed by atoms with Gasteiger partial charge in [-0.15, -0.1) is 0 Å². The van der Waals surface area contributed by atoms with E-state index in [2.05, 4.69) is 26.2 Å². The molecule has 0 spiro atoms. The van der Waals surface area contributed by atoms with Gasteiger partial charge in [0.15, 0.2) is 17.3 Å². The molecule has 2 heterocycles. The molecule has 27 heavy (non-hydrogen) atoms. The van der Waals surface area contributed by atoms with Gasteiger partial charge < -0.3 is 15.2 Å². The zero-order chi connectivity index (χ0) is 18.8. The maximum absolute atomic E-state index is 9.89. The number of hydrogen-bond acceptors (Lipinski definition) is 6. The molecule has 7 heteroatoms. The normalized spacial score (nSPS) is 12.7. The van der Waals surface area contributed by atoms with Crippen LogP contribution < -0.4 is 10.1 Å². The van der Waals surface area contributed by atoms with Crippen LogP contribution in [0.25, 0.3) is 11.4 Å². The minimum absolute atomic E-state index is 0.106. The van der Waals surface area contributed by atoms with Gasteiger partial charge in [0.25, 0.3) is 0 Å². The third-order valence-electron chi connectivity index (χ3n) is 4.65. The van der Waals surface area contributed by atoms with Crippen molar-refractivity contribution in [3.8, 4) is 22.9 Å². The summed E-state index contributed by atoms with van der Waals surface area (Å²) in [7, 11) is 1.54. The average Bonchev–Trinajstić information content (AvgIpc) is 3.16. The minimum atomic E-state index is 0.106. The van der Waals surface area contributed by atoms with E-state index in [1.165, 1.54) is 12.7 Å². The molecule has 1 aliphatic rings. The Bertz CT molecular complexity index is 979. The number of ether oxygens (including phenoxy) is 1. The van der Waals surface area contributed by atoms with Crippen LogP contribution in [-0.2, 0) is 19.4 Å². The summed E-state index contributed by atoms with van der Waals surface area (Å²) >= 11 is 3.50. The van der Waals surface area contributed by atoms with Gasteiger partial charge in [0.1, 0.15) is 5.82 Å². The Morgan fingerprint density at radius 1 is 1.26 bits per heavy atom. The van der Waals surface area contributed by atoms with Crippen LogP contribution in [0.5, 0.6) is 11.5 Å². The number of benzene rings is 1. The molecule has 138 valence electrons. The lowest BCUT2D eigenvalue weighted by Gasteiger charge is -2.14. The third kappa shape index (κ3) is 3.60. The molecule has 0 atom stereocenters. The van der Waals surface area contributed by atoms with Gasteiger partial charge in [-0.2, -0.15) is 0 Å². The zero-order valence-corrected chi connectivity index (χ0v) is 16.5. The molecule has 0 aliphatic heterocycles. The Hall–Kier alpha value is -2.67. The molecular formula is C20H19BrN4O2. The summed E-state index contributed by atoms with van der Waals surface area (Å²) in [5.74, 6) is 2.10. The van der Waals surface area contributed by atoms with Gasteiger partial charge in [0.05, 0.1) is 7.11 Å². The highest BCUT2D eigenvalue weighted by Crippen LogP contribution is 2.34. The van der Waals surface area contributed by atoms with Gasteiger partial charge in [0, 0.05) is 40.2 Å². The minimum Gasteiger partial charge on any atom is -0.504 e. The van der Waals surface area contributed by atoms with E-state index in [-0.39, 0.29) is 5.75 Å². The van der Waals surface area contributed by atoms with Crippen molar-refractivity contribution in [1.29, 1.82) is 0 Å². The Morgan fingerprint density at radius 3 is 2.93 bits per heavy atom. The molecule has 2 aromatic heterocycles. The lowest BCUT2D eigenvalue weighted by molar-refractivity contribution is 0.372. The number of nitrogens with zero attached hydrogens (tertiary/aromatic N) is 3. The molecule has 6 nitrogen and oxygen atoms in total. The fourth-order valence-electron chi connectivity index (χ4n) is 3.27. The molecule has 1 aliphatic carbocycles. The Morgan fingerprint density at radius 2 is 2.15 bits per heavy atom. The Kier molecular flexibility index (Phi) is 4.94. The molecule has 3 aromatic rings. The average molecular weight is 427 g/mol. The second-order valence-corrected chi connectivity index (χ2v) is 7.24. The van der Waals surface area contributed by atoms with E-state index in [1.54, 1.807) is 18.5 Å². The van der Waals surface area contributed by atoms with Gasteiger partial charge in [-0.25, -0.2) is 9.97 Å². The number of methoxy groups -OCH3 is 1. The summed E-state index contributed by atoms with van der Waals surface area (Å²) in [6, 6.07) is 7.31. The van der Waals surface area contributed by atoms with Crippen LogP contribution in [0, 0.1) is 0 Å². The monoisotopic (exact) mass is 426 g/mol. The fourth-order valence-corrected chi connectivity index (χ4v) is 3.74. The quantitative estimate of drug-likeness (QED) is 0.638. The number of pyridine rings is 1. The van der Waals surface area contributed by atoms with Crippen molar-refractivity contribution >= 4 is 21.7 Å². The molecule has 1 aromatic carbocycles. The van der Waals surface area contributed by atoms with E-state index in [4.69, 9.17) is 14.7 Å². The maximum atomic E-state index is 9.89. The standard InChI is InChI=1S/C20H19BrN4O2/c1-27-18-8-13(15(21)9-17(18)26)11-23-20-14-5-2-6-16(14)24-19(25-20)12-4-3-7-22-10-12/h3-4,7-10,26H,2,5-6,11H2,1H3,(H,23,24,25). The van der Waals surface area contributed by atoms with Gasteiger partial charge >= 0.3 is 0 Å². The van der Waals surface area contributed by atoms with E-state index in [0.717, 1.165) is 46.4 Å². The molecular weight excluding hydrogens is 408 g/mol. The lowest BCUT2D eigenvalue weighted by atomic mass is 10.1. The topological polar surface area (TPSA) is 80.2 Å². The highest BCUT2D eigenvalue weighted by molar-refractivity contribution is 9.10. The van der Waals surface area contributed by atoms with Crippen molar-refractivity contribution in [2.75, 3.05) is 12.4 Å². The number of aromatic nitrogens is 3. The third-order valence-corrected chi connectivity index (χ3v) is 5.39. The second-order valence-electron chi connectivity index (χ2n) is 6.39. The molecule has 0 saturated carbocycles. The summed E-state index contributed by atoms with van der Waals surface area (Å²) in [5, 5.41) is 13.3. The molecule has 0 radical (unpaired) electrons. The van der Waals surface area contributed by atoms with E-state index >= 15 is 0 Å². The second kappa shape index (κ2) is 7.52. The van der Waals surface area contributed by atoms with E-state index in [1.807, 2.05) is 18.2 Å². The van der Waals surface area contributed by atoms with E-state index < -0.39 is 0 Å². The molecule has 0 bridgehead atoms. The maximum Gasteiger partial charge on any atom is 0.163 e. The molecule has 0 saturated heterocycles. The molecule has 0 amide bonds. The van der Waals surface area contributed by atoms with Crippen LogP contribution in [0.1, 0.15) is 23.2 Å². The summed E-state index contributed by atoms with van der Waals surface area (Å²) in [6.07, 6.45) is 6.56.